The third kappa shape index (κ3) is 4.72. The van der Waals surface area contributed by atoms with E-state index in [-0.39, 0.29) is 29.6 Å². The number of ether oxygens (including phenoxy) is 2. The Hall–Kier alpha value is -2.69. The first-order chi connectivity index (χ1) is 15.5. The molecule has 1 aromatic heterocycles. The van der Waals surface area contributed by atoms with Gasteiger partial charge in [0.05, 0.1) is 25.4 Å². The third-order valence-corrected chi connectivity index (χ3v) is 7.45. The van der Waals surface area contributed by atoms with Crippen molar-refractivity contribution < 1.29 is 22.7 Å². The van der Waals surface area contributed by atoms with Gasteiger partial charge in [0, 0.05) is 38.1 Å². The van der Waals surface area contributed by atoms with Crippen molar-refractivity contribution in [1.29, 1.82) is 0 Å². The highest BCUT2D eigenvalue weighted by Gasteiger charge is 2.30. The molecule has 2 aliphatic rings. The second kappa shape index (κ2) is 9.85. The van der Waals surface area contributed by atoms with Gasteiger partial charge < -0.3 is 19.7 Å². The molecule has 1 N–H and O–H groups in total. The number of benzene rings is 1. The number of sulfonamides is 1. The highest BCUT2D eigenvalue weighted by atomic mass is 32.2. The van der Waals surface area contributed by atoms with E-state index < -0.39 is 10.0 Å². The van der Waals surface area contributed by atoms with Gasteiger partial charge in [-0.2, -0.15) is 4.31 Å². The largest absolute Gasteiger partial charge is 0.492 e. The summed E-state index contributed by atoms with van der Waals surface area (Å²) in [4.78, 5) is 19.6. The smallest absolute Gasteiger partial charge is 0.259 e. The van der Waals surface area contributed by atoms with Crippen LogP contribution in [0.5, 0.6) is 5.75 Å². The molecule has 0 saturated carbocycles. The van der Waals surface area contributed by atoms with E-state index >= 15 is 0 Å². The minimum atomic E-state index is -3.80. The zero-order valence-electron chi connectivity index (χ0n) is 18.1. The average Bonchev–Trinajstić information content (AvgIpc) is 3.35. The van der Waals surface area contributed by atoms with Crippen molar-refractivity contribution in [2.24, 2.45) is 0 Å². The third-order valence-electron chi connectivity index (χ3n) is 5.53. The lowest BCUT2D eigenvalue weighted by molar-refractivity contribution is 0.0729. The van der Waals surface area contributed by atoms with Crippen LogP contribution >= 0.6 is 0 Å². The van der Waals surface area contributed by atoms with E-state index in [1.54, 1.807) is 37.4 Å². The van der Waals surface area contributed by atoms with Crippen LogP contribution in [0.25, 0.3) is 0 Å². The summed E-state index contributed by atoms with van der Waals surface area (Å²) in [6, 6.07) is 8.14. The number of rotatable bonds is 7. The van der Waals surface area contributed by atoms with Crippen LogP contribution < -0.4 is 15.0 Å². The van der Waals surface area contributed by atoms with Gasteiger partial charge in [0.15, 0.2) is 0 Å². The van der Waals surface area contributed by atoms with E-state index in [4.69, 9.17) is 9.47 Å². The fourth-order valence-electron chi connectivity index (χ4n) is 3.94. The maximum atomic E-state index is 13.3. The summed E-state index contributed by atoms with van der Waals surface area (Å²) in [7, 11) is -3.80. The van der Waals surface area contributed by atoms with Crippen molar-refractivity contribution in [3.05, 3.63) is 42.1 Å². The molecule has 0 atom stereocenters. The number of nitrogens with one attached hydrogen (secondary N) is 1. The van der Waals surface area contributed by atoms with Crippen molar-refractivity contribution in [3.8, 4) is 5.75 Å². The van der Waals surface area contributed by atoms with E-state index in [0.29, 0.717) is 36.9 Å². The summed E-state index contributed by atoms with van der Waals surface area (Å²) < 4.78 is 38.8. The van der Waals surface area contributed by atoms with Crippen molar-refractivity contribution >= 4 is 27.4 Å². The van der Waals surface area contributed by atoms with Crippen LogP contribution in [0.1, 0.15) is 30.1 Å². The molecular weight excluding hydrogens is 432 g/mol. The molecular formula is C22H28N4O5S. The maximum absolute atomic E-state index is 13.3. The van der Waals surface area contributed by atoms with E-state index in [9.17, 15) is 13.2 Å². The predicted molar refractivity (Wildman–Crippen MR) is 121 cm³/mol. The van der Waals surface area contributed by atoms with Gasteiger partial charge in [-0.25, -0.2) is 13.4 Å². The van der Waals surface area contributed by atoms with Gasteiger partial charge in [0.25, 0.3) is 5.91 Å². The fourth-order valence-corrected chi connectivity index (χ4v) is 5.51. The molecule has 0 spiro atoms. The van der Waals surface area contributed by atoms with Gasteiger partial charge in [-0.05, 0) is 50.1 Å². The number of amides is 1. The van der Waals surface area contributed by atoms with Gasteiger partial charge in [-0.15, -0.1) is 0 Å². The number of pyridine rings is 1. The second-order valence-electron chi connectivity index (χ2n) is 7.63. The van der Waals surface area contributed by atoms with Crippen LogP contribution in [0.3, 0.4) is 0 Å². The Morgan fingerprint density at radius 3 is 2.62 bits per heavy atom. The highest BCUT2D eigenvalue weighted by molar-refractivity contribution is 7.89. The van der Waals surface area contributed by atoms with E-state index in [0.717, 1.165) is 25.9 Å². The lowest BCUT2D eigenvalue weighted by Gasteiger charge is -2.27. The number of hydrogen-bond donors (Lipinski definition) is 1. The molecule has 9 nitrogen and oxygen atoms in total. The summed E-state index contributed by atoms with van der Waals surface area (Å²) in [6.45, 7) is 5.10. The van der Waals surface area contributed by atoms with Crippen LogP contribution in [0.15, 0.2) is 41.4 Å². The molecule has 2 fully saturated rings. The molecule has 32 heavy (non-hydrogen) atoms. The summed E-state index contributed by atoms with van der Waals surface area (Å²) in [5, 5.41) is 2.84. The molecule has 2 saturated heterocycles. The standard InChI is InChI=1S/C22H28N4O5S/c1-2-31-19-8-7-17(16-20(19)32(28,29)26-12-14-30-15-13-26)24-22(27)18-6-5-9-23-21(18)25-10-3-4-11-25/h5-9,16H,2-4,10-15H2,1H3,(H,24,27). The molecule has 2 aliphatic heterocycles. The number of nitrogens with zero attached hydrogens (tertiary/aromatic N) is 3. The number of morpholine rings is 1. The minimum absolute atomic E-state index is 0.0324. The predicted octanol–water partition coefficient (Wildman–Crippen LogP) is 2.35. The first kappa shape index (κ1) is 22.5. The Morgan fingerprint density at radius 2 is 1.91 bits per heavy atom. The summed E-state index contributed by atoms with van der Waals surface area (Å²) in [5.74, 6) is 0.574. The van der Waals surface area contributed by atoms with Gasteiger partial charge in [-0.3, -0.25) is 4.79 Å². The Kier molecular flexibility index (Phi) is 6.92. The van der Waals surface area contributed by atoms with Gasteiger partial charge in [0.1, 0.15) is 16.5 Å². The molecule has 10 heteroatoms. The highest BCUT2D eigenvalue weighted by Crippen LogP contribution is 2.31. The average molecular weight is 461 g/mol. The molecule has 1 amide bonds. The van der Waals surface area contributed by atoms with E-state index in [2.05, 4.69) is 15.2 Å². The van der Waals surface area contributed by atoms with Crippen molar-refractivity contribution in [2.75, 3.05) is 56.2 Å². The van der Waals surface area contributed by atoms with Gasteiger partial charge in [-0.1, -0.05) is 0 Å². The Bertz CT molecular complexity index is 1060. The zero-order valence-corrected chi connectivity index (χ0v) is 18.9. The second-order valence-corrected chi connectivity index (χ2v) is 9.54. The first-order valence-electron chi connectivity index (χ1n) is 10.9. The van der Waals surface area contributed by atoms with Crippen LogP contribution in [0.4, 0.5) is 11.5 Å². The Labute approximate surface area is 188 Å². The van der Waals surface area contributed by atoms with Gasteiger partial charge >= 0.3 is 0 Å². The molecule has 0 unspecified atom stereocenters. The molecule has 0 radical (unpaired) electrons. The number of hydrogen-bond acceptors (Lipinski definition) is 7. The Balaban J connectivity index is 1.62. The number of carbonyl (C=O) groups is 1. The van der Waals surface area contributed by atoms with Crippen LogP contribution in [-0.2, 0) is 14.8 Å². The van der Waals surface area contributed by atoms with Crippen molar-refractivity contribution in [3.63, 3.8) is 0 Å². The molecule has 4 rings (SSSR count). The number of aromatic nitrogens is 1. The molecule has 0 aliphatic carbocycles. The topological polar surface area (TPSA) is 101 Å². The van der Waals surface area contributed by atoms with Crippen molar-refractivity contribution in [2.45, 2.75) is 24.7 Å². The fraction of sp³-hybridized carbons (Fsp3) is 0.455. The van der Waals surface area contributed by atoms with Crippen LogP contribution in [0, 0.1) is 0 Å². The lowest BCUT2D eigenvalue weighted by atomic mass is 10.2. The Morgan fingerprint density at radius 1 is 1.16 bits per heavy atom. The molecule has 2 aromatic rings. The summed E-state index contributed by atoms with van der Waals surface area (Å²) in [5.41, 5.74) is 0.836. The number of anilines is 2. The normalized spacial score (nSPS) is 17.3. The monoisotopic (exact) mass is 460 g/mol. The summed E-state index contributed by atoms with van der Waals surface area (Å²) in [6.07, 6.45) is 3.81. The first-order valence-corrected chi connectivity index (χ1v) is 12.3. The van der Waals surface area contributed by atoms with Gasteiger partial charge in [0.2, 0.25) is 10.0 Å². The molecule has 0 bridgehead atoms. The SMILES string of the molecule is CCOc1ccc(NC(=O)c2cccnc2N2CCCC2)cc1S(=O)(=O)N1CCOCC1. The molecule has 172 valence electrons. The molecule has 3 heterocycles. The molecule has 1 aromatic carbocycles. The quantitative estimate of drug-likeness (QED) is 0.677. The minimum Gasteiger partial charge on any atom is -0.492 e. The summed E-state index contributed by atoms with van der Waals surface area (Å²) >= 11 is 0. The number of carbonyl (C=O) groups excluding carboxylic acids is 1. The maximum Gasteiger partial charge on any atom is 0.259 e. The van der Waals surface area contributed by atoms with E-state index in [1.165, 1.54) is 10.4 Å². The zero-order chi connectivity index (χ0) is 22.6. The van der Waals surface area contributed by atoms with Crippen LogP contribution in [0.2, 0.25) is 0 Å². The van der Waals surface area contributed by atoms with Crippen molar-refractivity contribution in [1.82, 2.24) is 9.29 Å². The lowest BCUT2D eigenvalue weighted by Crippen LogP contribution is -2.40. The van der Waals surface area contributed by atoms with Crippen LogP contribution in [-0.4, -0.2) is 69.6 Å². The van der Waals surface area contributed by atoms with E-state index in [1.807, 2.05) is 0 Å².